The summed E-state index contributed by atoms with van der Waals surface area (Å²) < 4.78 is 1.51. The van der Waals surface area contributed by atoms with Crippen LogP contribution in [-0.2, 0) is 6.61 Å². The molecule has 0 aliphatic carbocycles. The third-order valence-corrected chi connectivity index (χ3v) is 3.98. The van der Waals surface area contributed by atoms with Gasteiger partial charge in [0, 0.05) is 17.1 Å². The van der Waals surface area contributed by atoms with Crippen molar-refractivity contribution in [2.45, 2.75) is 6.61 Å². The normalized spacial score (nSPS) is 11.3. The molecule has 0 unspecified atom stereocenters. The lowest BCUT2D eigenvalue weighted by Crippen LogP contribution is -2.10. The maximum atomic E-state index is 12.0. The molecule has 4 aromatic rings. The van der Waals surface area contributed by atoms with Crippen LogP contribution in [0.2, 0.25) is 0 Å². The van der Waals surface area contributed by atoms with Gasteiger partial charge in [0.15, 0.2) is 5.65 Å². The fourth-order valence-corrected chi connectivity index (χ4v) is 2.85. The molecule has 0 aliphatic heterocycles. The average Bonchev–Trinajstić information content (AvgIpc) is 2.95. The summed E-state index contributed by atoms with van der Waals surface area (Å²) in [5, 5.41) is 16.5. The molecule has 6 heteroatoms. The summed E-state index contributed by atoms with van der Waals surface area (Å²) >= 11 is 0. The van der Waals surface area contributed by atoms with Gasteiger partial charge < -0.3 is 10.8 Å². The van der Waals surface area contributed by atoms with E-state index in [4.69, 9.17) is 5.73 Å². The molecule has 0 saturated heterocycles. The minimum atomic E-state index is -0.300. The van der Waals surface area contributed by atoms with Crippen molar-refractivity contribution in [3.8, 4) is 11.1 Å². The van der Waals surface area contributed by atoms with Crippen LogP contribution in [0.15, 0.2) is 53.3 Å². The van der Waals surface area contributed by atoms with Crippen LogP contribution in [0.5, 0.6) is 0 Å². The minimum Gasteiger partial charge on any atom is -0.398 e. The fraction of sp³-hybridized carbons (Fsp3) is 0.0588. The number of anilines is 1. The standard InChI is InChI=1S/C17H14N4O2/c18-14-8-16-19-20-17(23)21(16)15-7-12(4-5-13(14)15)11-3-1-2-10(6-11)9-22/h1-8,22H,9,18H2,(H,20,23). The van der Waals surface area contributed by atoms with Crippen LogP contribution in [0.4, 0.5) is 5.69 Å². The summed E-state index contributed by atoms with van der Waals surface area (Å²) in [4.78, 5) is 12.0. The summed E-state index contributed by atoms with van der Waals surface area (Å²) in [6.07, 6.45) is 0. The van der Waals surface area contributed by atoms with Gasteiger partial charge in [0.25, 0.3) is 0 Å². The number of hydrogen-bond acceptors (Lipinski definition) is 4. The number of pyridine rings is 1. The van der Waals surface area contributed by atoms with Crippen LogP contribution >= 0.6 is 0 Å². The molecule has 6 nitrogen and oxygen atoms in total. The first-order valence-electron chi connectivity index (χ1n) is 7.17. The van der Waals surface area contributed by atoms with E-state index in [1.807, 2.05) is 42.5 Å². The Balaban J connectivity index is 2.05. The van der Waals surface area contributed by atoms with Gasteiger partial charge in [-0.05, 0) is 28.8 Å². The Morgan fingerprint density at radius 1 is 1.13 bits per heavy atom. The van der Waals surface area contributed by atoms with Crippen molar-refractivity contribution in [2.75, 3.05) is 5.73 Å². The minimum absolute atomic E-state index is 0.0141. The number of H-pyrrole nitrogens is 1. The van der Waals surface area contributed by atoms with E-state index < -0.39 is 0 Å². The van der Waals surface area contributed by atoms with Gasteiger partial charge in [-0.3, -0.25) is 0 Å². The van der Waals surface area contributed by atoms with E-state index in [1.54, 1.807) is 6.07 Å². The number of rotatable bonds is 2. The van der Waals surface area contributed by atoms with Crippen molar-refractivity contribution in [1.82, 2.24) is 14.6 Å². The number of nitrogens with one attached hydrogen (secondary N) is 1. The number of benzene rings is 2. The Kier molecular flexibility index (Phi) is 2.92. The summed E-state index contributed by atoms with van der Waals surface area (Å²) in [5.41, 5.74) is 10.3. The van der Waals surface area contributed by atoms with E-state index in [0.29, 0.717) is 16.9 Å². The lowest BCUT2D eigenvalue weighted by atomic mass is 10.0. The van der Waals surface area contributed by atoms with Crippen LogP contribution in [0, 0.1) is 0 Å². The molecule has 4 rings (SSSR count). The number of nitrogens with two attached hydrogens (primary N) is 1. The highest BCUT2D eigenvalue weighted by molar-refractivity contribution is 5.95. The Bertz CT molecular complexity index is 1090. The van der Waals surface area contributed by atoms with E-state index in [-0.39, 0.29) is 12.3 Å². The van der Waals surface area contributed by atoms with Crippen LogP contribution in [0.3, 0.4) is 0 Å². The van der Waals surface area contributed by atoms with Crippen molar-refractivity contribution in [3.63, 3.8) is 0 Å². The summed E-state index contributed by atoms with van der Waals surface area (Å²) in [6.45, 7) is -0.0141. The molecule has 0 radical (unpaired) electrons. The largest absolute Gasteiger partial charge is 0.398 e. The Morgan fingerprint density at radius 3 is 2.78 bits per heavy atom. The number of nitrogen functional groups attached to an aromatic ring is 1. The zero-order valence-corrected chi connectivity index (χ0v) is 12.2. The SMILES string of the molecule is Nc1cc2n[nH]c(=O)n2c2cc(-c3cccc(CO)c3)ccc12. The van der Waals surface area contributed by atoms with Gasteiger partial charge in [0.1, 0.15) is 0 Å². The summed E-state index contributed by atoms with van der Waals surface area (Å²) in [7, 11) is 0. The lowest BCUT2D eigenvalue weighted by molar-refractivity contribution is 0.282. The number of aromatic amines is 1. The van der Waals surface area contributed by atoms with E-state index in [1.165, 1.54) is 4.40 Å². The first kappa shape index (κ1) is 13.5. The monoisotopic (exact) mass is 306 g/mol. The van der Waals surface area contributed by atoms with Gasteiger partial charge in [0.2, 0.25) is 0 Å². The Hall–Kier alpha value is -3.12. The predicted molar refractivity (Wildman–Crippen MR) is 89.1 cm³/mol. The molecule has 0 bridgehead atoms. The quantitative estimate of drug-likeness (QED) is 0.527. The molecular weight excluding hydrogens is 292 g/mol. The van der Waals surface area contributed by atoms with Gasteiger partial charge in [-0.1, -0.05) is 30.3 Å². The number of aliphatic hydroxyl groups excluding tert-OH is 1. The molecule has 0 atom stereocenters. The van der Waals surface area contributed by atoms with Crippen molar-refractivity contribution in [2.24, 2.45) is 0 Å². The molecule has 114 valence electrons. The second-order valence-corrected chi connectivity index (χ2v) is 5.41. The first-order chi connectivity index (χ1) is 11.2. The number of aliphatic hydroxyl groups is 1. The van der Waals surface area contributed by atoms with Gasteiger partial charge >= 0.3 is 5.69 Å². The van der Waals surface area contributed by atoms with Crippen LogP contribution < -0.4 is 11.4 Å². The molecule has 0 aliphatic rings. The van der Waals surface area contributed by atoms with Crippen LogP contribution in [0.1, 0.15) is 5.56 Å². The topological polar surface area (TPSA) is 96.4 Å². The van der Waals surface area contributed by atoms with Crippen molar-refractivity contribution < 1.29 is 5.11 Å². The molecule has 2 heterocycles. The van der Waals surface area contributed by atoms with Crippen LogP contribution in [-0.4, -0.2) is 19.7 Å². The highest BCUT2D eigenvalue weighted by atomic mass is 16.3. The molecule has 0 saturated carbocycles. The van der Waals surface area contributed by atoms with E-state index in [0.717, 1.165) is 22.1 Å². The average molecular weight is 306 g/mol. The Labute approximate surface area is 130 Å². The molecule has 0 amide bonds. The molecule has 0 fully saturated rings. The molecule has 2 aromatic heterocycles. The number of nitrogens with zero attached hydrogens (tertiary/aromatic N) is 2. The predicted octanol–water partition coefficient (Wildman–Crippen LogP) is 1.92. The van der Waals surface area contributed by atoms with Gasteiger partial charge in [-0.2, -0.15) is 5.10 Å². The molecule has 23 heavy (non-hydrogen) atoms. The van der Waals surface area contributed by atoms with Crippen LogP contribution in [0.25, 0.3) is 27.7 Å². The van der Waals surface area contributed by atoms with Gasteiger partial charge in [-0.25, -0.2) is 14.3 Å². The summed E-state index contributed by atoms with van der Waals surface area (Å²) in [6, 6.07) is 15.1. The third kappa shape index (κ3) is 2.08. The van der Waals surface area contributed by atoms with E-state index in [9.17, 15) is 9.90 Å². The third-order valence-electron chi connectivity index (χ3n) is 3.98. The molecule has 2 aromatic carbocycles. The number of aromatic nitrogens is 3. The zero-order chi connectivity index (χ0) is 16.0. The fourth-order valence-electron chi connectivity index (χ4n) is 2.85. The second-order valence-electron chi connectivity index (χ2n) is 5.41. The zero-order valence-electron chi connectivity index (χ0n) is 12.2. The smallest absolute Gasteiger partial charge is 0.348 e. The highest BCUT2D eigenvalue weighted by Gasteiger charge is 2.10. The van der Waals surface area contributed by atoms with Crippen molar-refractivity contribution in [1.29, 1.82) is 0 Å². The molecular formula is C17H14N4O2. The Morgan fingerprint density at radius 2 is 1.96 bits per heavy atom. The highest BCUT2D eigenvalue weighted by Crippen LogP contribution is 2.28. The maximum absolute atomic E-state index is 12.0. The van der Waals surface area contributed by atoms with Crippen molar-refractivity contribution >= 4 is 22.2 Å². The second kappa shape index (κ2) is 4.96. The van der Waals surface area contributed by atoms with Crippen molar-refractivity contribution in [3.05, 3.63) is 64.6 Å². The lowest BCUT2D eigenvalue weighted by Gasteiger charge is -2.08. The number of fused-ring (bicyclic) bond motifs is 3. The maximum Gasteiger partial charge on any atom is 0.348 e. The molecule has 4 N–H and O–H groups in total. The van der Waals surface area contributed by atoms with Gasteiger partial charge in [-0.15, -0.1) is 0 Å². The van der Waals surface area contributed by atoms with E-state index >= 15 is 0 Å². The summed E-state index contributed by atoms with van der Waals surface area (Å²) in [5.74, 6) is 0. The number of hydrogen-bond donors (Lipinski definition) is 3. The van der Waals surface area contributed by atoms with E-state index in [2.05, 4.69) is 10.2 Å². The molecule has 0 spiro atoms. The first-order valence-corrected chi connectivity index (χ1v) is 7.17. The van der Waals surface area contributed by atoms with Gasteiger partial charge in [0.05, 0.1) is 12.1 Å².